The maximum atomic E-state index is 13.3. The molecule has 2 aliphatic heterocycles. The van der Waals surface area contributed by atoms with Gasteiger partial charge in [0.2, 0.25) is 5.91 Å². The van der Waals surface area contributed by atoms with Crippen LogP contribution in [0.1, 0.15) is 296 Å². The fourth-order valence-electron chi connectivity index (χ4n) is 11.8. The first-order valence-corrected chi connectivity index (χ1v) is 37.5. The number of allylic oxidation sites excluding steroid dienone is 15. The summed E-state index contributed by atoms with van der Waals surface area (Å²) in [5.41, 5.74) is 0. The summed E-state index contributed by atoms with van der Waals surface area (Å²) >= 11 is 0. The number of carbonyl (C=O) groups is 1. The molecule has 2 aliphatic rings. The minimum absolute atomic E-state index is 0.251. The highest BCUT2D eigenvalue weighted by Gasteiger charge is 2.51. The molecule has 12 atom stereocenters. The number of rotatable bonds is 61. The smallest absolute Gasteiger partial charge is 0.220 e. The van der Waals surface area contributed by atoms with Gasteiger partial charge in [-0.05, 0) is 83.5 Å². The van der Waals surface area contributed by atoms with E-state index < -0.39 is 86.8 Å². The van der Waals surface area contributed by atoms with Gasteiger partial charge in [0.15, 0.2) is 12.6 Å². The lowest BCUT2D eigenvalue weighted by Crippen LogP contribution is -2.65. The molecule has 2 fully saturated rings. The predicted octanol–water partition coefficient (Wildman–Crippen LogP) is 16.1. The number of aliphatic hydroxyl groups is 8. The van der Waals surface area contributed by atoms with Crippen molar-refractivity contribution in [1.29, 1.82) is 0 Å². The molecule has 532 valence electrons. The van der Waals surface area contributed by atoms with Crippen LogP contribution in [-0.4, -0.2) is 140 Å². The maximum absolute atomic E-state index is 13.3. The van der Waals surface area contributed by atoms with E-state index >= 15 is 0 Å². The van der Waals surface area contributed by atoms with E-state index in [1.165, 1.54) is 173 Å². The molecule has 0 saturated carbocycles. The SMILES string of the molecule is CC/C=C\C/C=C\C/C=C\C/C=C\C/C=C\C/C=C\CCCCCCCCC(=O)NC(COC1OC(CO)C(OC2OC(CO)C(O)C(O)C2O)C(O)C1O)C(O)/C=C/CC/C=C/CCCCCCCCCCCCCCCCCCCCCCCCCCCCC. The van der Waals surface area contributed by atoms with Gasteiger partial charge in [-0.3, -0.25) is 4.79 Å². The van der Waals surface area contributed by atoms with Crippen LogP contribution in [0.15, 0.2) is 97.2 Å². The van der Waals surface area contributed by atoms with Gasteiger partial charge in [0.05, 0.1) is 32.0 Å². The first-order chi connectivity index (χ1) is 45.1. The Balaban J connectivity index is 1.68. The number of aliphatic hydroxyl groups excluding tert-OH is 8. The third-order valence-corrected chi connectivity index (χ3v) is 17.8. The zero-order chi connectivity index (χ0) is 66.6. The molecule has 0 radical (unpaired) electrons. The standard InChI is InChI=1S/C78H137NO13/c1-3-5-7-9-11-13-15-17-19-21-23-25-27-29-30-31-32-33-34-35-36-38-39-41-43-45-47-49-51-53-55-57-59-61-67(82)66(65-89-77-75(88)73(86)76(69(64-81)91-77)92-78-74(87)72(85)71(84)68(63-80)90-78)79-70(83)62-60-58-56-54-52-50-48-46-44-42-40-37-28-26-24-22-20-18-16-14-12-10-8-6-4-2/h6,8,12,14,18,20,24,26,37,40,44,46,51,53,59,61,66-69,71-78,80-82,84-88H,3-5,7,9-11,13,15-17,19,21-23,25,27-36,38-39,41-43,45,47-50,52,54-58,60,62-65H2,1-2H3,(H,79,83)/b8-6-,14-12-,20-18-,26-24-,40-37-,46-44-,53-51+,61-59+. The second kappa shape index (κ2) is 61.5. The average Bonchev–Trinajstić information content (AvgIpc) is 0.865. The third kappa shape index (κ3) is 44.6. The Morgan fingerprint density at radius 2 is 0.761 bits per heavy atom. The highest BCUT2D eigenvalue weighted by Crippen LogP contribution is 2.30. The van der Waals surface area contributed by atoms with Crippen LogP contribution in [0.5, 0.6) is 0 Å². The second-order valence-corrected chi connectivity index (χ2v) is 26.0. The molecule has 9 N–H and O–H groups in total. The number of hydrogen-bond acceptors (Lipinski definition) is 13. The van der Waals surface area contributed by atoms with E-state index in [0.717, 1.165) is 89.9 Å². The first-order valence-electron chi connectivity index (χ1n) is 37.5. The molecular formula is C78H137NO13. The molecule has 1 amide bonds. The van der Waals surface area contributed by atoms with Crippen molar-refractivity contribution in [3.63, 3.8) is 0 Å². The van der Waals surface area contributed by atoms with Crippen LogP contribution in [0.3, 0.4) is 0 Å². The fraction of sp³-hybridized carbons (Fsp3) is 0.782. The largest absolute Gasteiger partial charge is 0.394 e. The molecule has 2 rings (SSSR count). The van der Waals surface area contributed by atoms with Gasteiger partial charge >= 0.3 is 0 Å². The van der Waals surface area contributed by atoms with Crippen molar-refractivity contribution in [2.45, 2.75) is 370 Å². The molecule has 0 aromatic carbocycles. The Labute approximate surface area is 560 Å². The van der Waals surface area contributed by atoms with Crippen molar-refractivity contribution < 1.29 is 64.6 Å². The molecule has 92 heavy (non-hydrogen) atoms. The lowest BCUT2D eigenvalue weighted by molar-refractivity contribution is -0.359. The van der Waals surface area contributed by atoms with E-state index in [0.29, 0.717) is 12.8 Å². The molecular weight excluding hydrogens is 1160 g/mol. The summed E-state index contributed by atoms with van der Waals surface area (Å²) in [4.78, 5) is 13.3. The predicted molar refractivity (Wildman–Crippen MR) is 378 cm³/mol. The Kier molecular flexibility index (Phi) is 56.8. The van der Waals surface area contributed by atoms with E-state index in [-0.39, 0.29) is 18.9 Å². The summed E-state index contributed by atoms with van der Waals surface area (Å²) in [6, 6.07) is -0.949. The number of carbonyl (C=O) groups excluding carboxylic acids is 1. The van der Waals surface area contributed by atoms with Crippen LogP contribution < -0.4 is 5.32 Å². The van der Waals surface area contributed by atoms with Gasteiger partial charge in [-0.1, -0.05) is 304 Å². The van der Waals surface area contributed by atoms with E-state index in [1.807, 2.05) is 6.08 Å². The summed E-state index contributed by atoms with van der Waals surface area (Å²) in [6.45, 7) is 2.68. The van der Waals surface area contributed by atoms with E-state index in [9.17, 15) is 45.6 Å². The summed E-state index contributed by atoms with van der Waals surface area (Å²) in [6.07, 6.45) is 70.5. The molecule has 14 nitrogen and oxygen atoms in total. The van der Waals surface area contributed by atoms with Crippen molar-refractivity contribution in [2.75, 3.05) is 19.8 Å². The van der Waals surface area contributed by atoms with Gasteiger partial charge in [-0.25, -0.2) is 0 Å². The number of ether oxygens (including phenoxy) is 4. The minimum Gasteiger partial charge on any atom is -0.394 e. The average molecular weight is 1300 g/mol. The fourth-order valence-corrected chi connectivity index (χ4v) is 11.8. The summed E-state index contributed by atoms with van der Waals surface area (Å²) in [5, 5.41) is 87.5. The Hall–Kier alpha value is -3.09. The quantitative estimate of drug-likeness (QED) is 0.0204. The van der Waals surface area contributed by atoms with E-state index in [4.69, 9.17) is 18.9 Å². The van der Waals surface area contributed by atoms with Gasteiger partial charge < -0.3 is 65.1 Å². The van der Waals surface area contributed by atoms with E-state index in [2.05, 4.69) is 104 Å². The van der Waals surface area contributed by atoms with Gasteiger partial charge in [-0.15, -0.1) is 0 Å². The van der Waals surface area contributed by atoms with Gasteiger partial charge in [-0.2, -0.15) is 0 Å². The Morgan fingerprint density at radius 3 is 1.20 bits per heavy atom. The van der Waals surface area contributed by atoms with Crippen LogP contribution in [0.2, 0.25) is 0 Å². The topological polar surface area (TPSA) is 228 Å². The highest BCUT2D eigenvalue weighted by molar-refractivity contribution is 5.76. The van der Waals surface area contributed by atoms with Gasteiger partial charge in [0.1, 0.15) is 48.8 Å². The maximum Gasteiger partial charge on any atom is 0.220 e. The molecule has 0 aliphatic carbocycles. The third-order valence-electron chi connectivity index (χ3n) is 17.8. The molecule has 0 spiro atoms. The van der Waals surface area contributed by atoms with Crippen molar-refractivity contribution in [3.05, 3.63) is 97.2 Å². The number of unbranched alkanes of at least 4 members (excludes halogenated alkanes) is 34. The Morgan fingerprint density at radius 1 is 0.402 bits per heavy atom. The highest BCUT2D eigenvalue weighted by atomic mass is 16.7. The first kappa shape index (κ1) is 85.0. The van der Waals surface area contributed by atoms with Crippen LogP contribution >= 0.6 is 0 Å². The van der Waals surface area contributed by atoms with Crippen molar-refractivity contribution in [2.24, 2.45) is 0 Å². The van der Waals surface area contributed by atoms with Crippen molar-refractivity contribution in [1.82, 2.24) is 5.32 Å². The Bertz CT molecular complexity index is 1920. The minimum atomic E-state index is -1.80. The van der Waals surface area contributed by atoms with Crippen LogP contribution in [0, 0.1) is 0 Å². The summed E-state index contributed by atoms with van der Waals surface area (Å²) < 4.78 is 22.9. The van der Waals surface area contributed by atoms with E-state index in [1.54, 1.807) is 6.08 Å². The monoisotopic (exact) mass is 1300 g/mol. The summed E-state index contributed by atoms with van der Waals surface area (Å²) in [5.74, 6) is -0.265. The zero-order valence-electron chi connectivity index (χ0n) is 58.0. The normalized spacial score (nSPS) is 23.2. The number of amides is 1. The van der Waals surface area contributed by atoms with Crippen LogP contribution in [0.4, 0.5) is 0 Å². The number of nitrogens with one attached hydrogen (secondary N) is 1. The number of hydrogen-bond donors (Lipinski definition) is 9. The van der Waals surface area contributed by atoms with Crippen LogP contribution in [0.25, 0.3) is 0 Å². The lowest BCUT2D eigenvalue weighted by Gasteiger charge is -2.46. The molecule has 2 saturated heterocycles. The molecule has 12 unspecified atom stereocenters. The molecule has 0 aromatic heterocycles. The molecule has 0 bridgehead atoms. The van der Waals surface area contributed by atoms with Crippen molar-refractivity contribution >= 4 is 5.91 Å². The lowest BCUT2D eigenvalue weighted by atomic mass is 9.97. The van der Waals surface area contributed by atoms with Gasteiger partial charge in [0, 0.05) is 6.42 Å². The molecule has 0 aromatic rings. The van der Waals surface area contributed by atoms with Crippen molar-refractivity contribution in [3.8, 4) is 0 Å². The zero-order valence-corrected chi connectivity index (χ0v) is 58.0. The second-order valence-electron chi connectivity index (χ2n) is 26.0. The van der Waals surface area contributed by atoms with Crippen LogP contribution in [-0.2, 0) is 23.7 Å². The molecule has 14 heteroatoms. The molecule has 2 heterocycles. The van der Waals surface area contributed by atoms with Gasteiger partial charge in [0.25, 0.3) is 0 Å². The summed E-state index contributed by atoms with van der Waals surface area (Å²) in [7, 11) is 0.